The number of esters is 1. The molecule has 0 radical (unpaired) electrons. The molecule has 3 unspecified atom stereocenters. The molecule has 3 fully saturated rings. The number of allylic oxidation sites excluding steroid dienone is 1. The van der Waals surface area contributed by atoms with Crippen LogP contribution in [-0.2, 0) is 23.7 Å². The molecule has 0 spiro atoms. The van der Waals surface area contributed by atoms with E-state index in [-0.39, 0.29) is 48.2 Å². The molecule has 1 heterocycles. The molecule has 4 aliphatic carbocycles. The zero-order valence-electron chi connectivity index (χ0n) is 25.6. The normalized spacial score (nSPS) is 38.2. The second-order valence-corrected chi connectivity index (χ2v) is 12.7. The Balaban J connectivity index is 1.44. The van der Waals surface area contributed by atoms with Crippen LogP contribution < -0.4 is 16.3 Å². The quantitative estimate of drug-likeness (QED) is 0.141. The van der Waals surface area contributed by atoms with Crippen molar-refractivity contribution in [3.05, 3.63) is 11.6 Å². The highest BCUT2D eigenvalue weighted by Crippen LogP contribution is 2.69. The van der Waals surface area contributed by atoms with Crippen LogP contribution in [0.3, 0.4) is 0 Å². The summed E-state index contributed by atoms with van der Waals surface area (Å²) in [5, 5.41) is 4.47. The third-order valence-electron chi connectivity index (χ3n) is 10.8. The van der Waals surface area contributed by atoms with Crippen LogP contribution in [-0.4, -0.2) is 60.8 Å². The lowest BCUT2D eigenvalue weighted by molar-refractivity contribution is -0.149. The first kappa shape index (κ1) is 30.2. The van der Waals surface area contributed by atoms with Gasteiger partial charge in [0.05, 0.1) is 18.9 Å². The third kappa shape index (κ3) is 4.90. The number of ether oxygens (including phenoxy) is 4. The molecule has 0 aromatic heterocycles. The standard InChI is InChI=1S/C30H45N5O7/c1-7-39-26(37)34-32-17(3)30-24(31-25(42-30)33-35-27(38)40-8-2)16-23-21-10-9-19-15-20(41-18(4)36)11-13-28(19,5)22(21)12-14-29(23,30)6/h9,20-24H,7-8,10-16H2,1-6H3,(H,31,33)(H,34,37)(H,35,38)/b32-17+/t20-,21?,22?,23?,24+,28-,29-,30+/m0/s1. The Morgan fingerprint density at radius 1 is 1.07 bits per heavy atom. The minimum absolute atomic E-state index is 0.0380. The van der Waals surface area contributed by atoms with E-state index in [0.717, 1.165) is 44.9 Å². The van der Waals surface area contributed by atoms with E-state index in [1.54, 1.807) is 13.8 Å². The highest BCUT2D eigenvalue weighted by Gasteiger charge is 2.72. The Morgan fingerprint density at radius 2 is 1.81 bits per heavy atom. The monoisotopic (exact) mass is 587 g/mol. The van der Waals surface area contributed by atoms with Gasteiger partial charge >= 0.3 is 24.2 Å². The fourth-order valence-electron chi connectivity index (χ4n) is 9.05. The van der Waals surface area contributed by atoms with Gasteiger partial charge in [-0.1, -0.05) is 25.5 Å². The summed E-state index contributed by atoms with van der Waals surface area (Å²) < 4.78 is 22.3. The van der Waals surface area contributed by atoms with Crippen LogP contribution in [0.2, 0.25) is 0 Å². The zero-order chi connectivity index (χ0) is 30.3. The lowest BCUT2D eigenvalue weighted by Crippen LogP contribution is -2.60. The van der Waals surface area contributed by atoms with E-state index in [2.05, 4.69) is 41.3 Å². The largest absolute Gasteiger partial charge is 0.462 e. The van der Waals surface area contributed by atoms with Gasteiger partial charge in [-0.25, -0.2) is 30.9 Å². The number of rotatable bonds is 5. The molecule has 0 aromatic rings. The summed E-state index contributed by atoms with van der Waals surface area (Å²) >= 11 is 0. The molecule has 12 heteroatoms. The van der Waals surface area contributed by atoms with Crippen LogP contribution in [0.15, 0.2) is 21.7 Å². The number of nitrogens with one attached hydrogen (secondary N) is 3. The van der Waals surface area contributed by atoms with Crippen molar-refractivity contribution in [3.8, 4) is 0 Å². The van der Waals surface area contributed by atoms with Crippen LogP contribution in [0.5, 0.6) is 0 Å². The Kier molecular flexibility index (Phi) is 8.19. The van der Waals surface area contributed by atoms with Crippen molar-refractivity contribution in [1.29, 1.82) is 0 Å². The van der Waals surface area contributed by atoms with Crippen molar-refractivity contribution in [1.82, 2.24) is 16.3 Å². The second kappa shape index (κ2) is 11.4. The van der Waals surface area contributed by atoms with Gasteiger partial charge in [0.1, 0.15) is 12.1 Å². The van der Waals surface area contributed by atoms with Gasteiger partial charge in [0.15, 0.2) is 5.60 Å². The minimum Gasteiger partial charge on any atom is -0.462 e. The van der Waals surface area contributed by atoms with Crippen LogP contribution in [0.25, 0.3) is 0 Å². The number of amides is 2. The number of carbonyl (C=O) groups is 3. The van der Waals surface area contributed by atoms with Gasteiger partial charge in [0.25, 0.3) is 0 Å². The molecule has 3 N–H and O–H groups in total. The van der Waals surface area contributed by atoms with E-state index in [1.165, 1.54) is 12.5 Å². The van der Waals surface area contributed by atoms with E-state index in [1.807, 2.05) is 6.92 Å². The number of aliphatic imine (C=N–C) groups is 1. The summed E-state index contributed by atoms with van der Waals surface area (Å²) in [6.07, 6.45) is 7.48. The number of hydrazine groups is 1. The molecule has 3 saturated carbocycles. The first-order valence-electron chi connectivity index (χ1n) is 15.3. The van der Waals surface area contributed by atoms with Crippen LogP contribution >= 0.6 is 0 Å². The van der Waals surface area contributed by atoms with Gasteiger partial charge in [-0.05, 0) is 82.5 Å². The minimum atomic E-state index is -0.918. The Labute approximate surface area is 247 Å². The van der Waals surface area contributed by atoms with Gasteiger partial charge in [0, 0.05) is 18.8 Å². The molecule has 8 atom stereocenters. The zero-order valence-corrected chi connectivity index (χ0v) is 25.6. The smallest absolute Gasteiger partial charge is 0.427 e. The molecule has 5 rings (SSSR count). The van der Waals surface area contributed by atoms with E-state index < -0.39 is 17.8 Å². The van der Waals surface area contributed by atoms with Gasteiger partial charge in [-0.15, -0.1) is 0 Å². The van der Waals surface area contributed by atoms with Crippen molar-refractivity contribution >= 4 is 29.9 Å². The number of carbonyl (C=O) groups excluding carboxylic acids is 3. The molecule has 1 aliphatic heterocycles. The molecule has 0 saturated heterocycles. The summed E-state index contributed by atoms with van der Waals surface area (Å²) in [6.45, 7) is 12.0. The molecular weight excluding hydrogens is 542 g/mol. The van der Waals surface area contributed by atoms with Gasteiger partial charge in [0.2, 0.25) is 0 Å². The molecular formula is C30H45N5O7. The van der Waals surface area contributed by atoms with Crippen molar-refractivity contribution in [2.24, 2.45) is 38.7 Å². The van der Waals surface area contributed by atoms with Crippen LogP contribution in [0.4, 0.5) is 9.59 Å². The van der Waals surface area contributed by atoms with Gasteiger partial charge in [-0.2, -0.15) is 5.10 Å². The topological polar surface area (TPSA) is 149 Å². The average Bonchev–Trinajstić information content (AvgIpc) is 3.43. The summed E-state index contributed by atoms with van der Waals surface area (Å²) in [5.74, 6) is 1.03. The van der Waals surface area contributed by atoms with Crippen molar-refractivity contribution < 1.29 is 33.3 Å². The fraction of sp³-hybridized carbons (Fsp3) is 0.767. The number of fused-ring (bicyclic) bond motifs is 7. The van der Waals surface area contributed by atoms with E-state index >= 15 is 0 Å². The number of nitrogens with zero attached hydrogens (tertiary/aromatic N) is 2. The number of hydrogen-bond donors (Lipinski definition) is 3. The third-order valence-corrected chi connectivity index (χ3v) is 10.8. The molecule has 42 heavy (non-hydrogen) atoms. The summed E-state index contributed by atoms with van der Waals surface area (Å²) in [4.78, 5) is 40.6. The average molecular weight is 588 g/mol. The molecule has 232 valence electrons. The molecule has 12 nitrogen and oxygen atoms in total. The van der Waals surface area contributed by atoms with Gasteiger partial charge in [-0.3, -0.25) is 4.79 Å². The molecule has 0 bridgehead atoms. The molecule has 2 amide bonds. The van der Waals surface area contributed by atoms with Crippen molar-refractivity contribution in [3.63, 3.8) is 0 Å². The predicted octanol–water partition coefficient (Wildman–Crippen LogP) is 4.36. The van der Waals surface area contributed by atoms with Crippen molar-refractivity contribution in [2.75, 3.05) is 13.2 Å². The summed E-state index contributed by atoms with van der Waals surface area (Å²) in [5.41, 5.74) is 8.64. The number of hydrazone groups is 1. The first-order chi connectivity index (χ1) is 20.0. The van der Waals surface area contributed by atoms with Gasteiger partial charge < -0.3 is 18.9 Å². The maximum atomic E-state index is 12.1. The Hall–Kier alpha value is -3.31. The SMILES string of the molecule is CCOC(=O)N/N=C(\C)[C@@]12OC(NNC(=O)OCC)=N[C@@H]1CC1C3CC=C4C[C@@H](OC(C)=O)CC[C@]4(C)C3CC[C@@]12C. The van der Waals surface area contributed by atoms with Crippen LogP contribution in [0, 0.1) is 28.6 Å². The Bertz CT molecular complexity index is 1200. The summed E-state index contributed by atoms with van der Waals surface area (Å²) in [7, 11) is 0. The van der Waals surface area contributed by atoms with E-state index in [0.29, 0.717) is 23.5 Å². The fourth-order valence-corrected chi connectivity index (χ4v) is 9.05. The first-order valence-corrected chi connectivity index (χ1v) is 15.3. The highest BCUT2D eigenvalue weighted by molar-refractivity contribution is 5.97. The predicted molar refractivity (Wildman–Crippen MR) is 154 cm³/mol. The second-order valence-electron chi connectivity index (χ2n) is 12.7. The lowest BCUT2D eigenvalue weighted by Gasteiger charge is -2.59. The number of amidine groups is 1. The summed E-state index contributed by atoms with van der Waals surface area (Å²) in [6, 6.07) is -0.0644. The van der Waals surface area contributed by atoms with Crippen molar-refractivity contribution in [2.45, 2.75) is 104 Å². The number of hydrogen-bond acceptors (Lipinski definition) is 10. The van der Waals surface area contributed by atoms with Crippen LogP contribution in [0.1, 0.15) is 86.5 Å². The van der Waals surface area contributed by atoms with E-state index in [4.69, 9.17) is 23.9 Å². The maximum Gasteiger partial charge on any atom is 0.427 e. The molecule has 5 aliphatic rings. The highest BCUT2D eigenvalue weighted by atomic mass is 16.6. The lowest BCUT2D eigenvalue weighted by atomic mass is 9.46. The van der Waals surface area contributed by atoms with E-state index in [9.17, 15) is 14.4 Å². The Morgan fingerprint density at radius 3 is 2.52 bits per heavy atom. The maximum absolute atomic E-state index is 12.1. The molecule has 0 aromatic carbocycles.